The first-order valence-corrected chi connectivity index (χ1v) is 14.6. The molecule has 38 heavy (non-hydrogen) atoms. The van der Waals surface area contributed by atoms with E-state index < -0.39 is 39.5 Å². The van der Waals surface area contributed by atoms with Gasteiger partial charge in [-0.2, -0.15) is 0 Å². The maximum absolute atomic E-state index is 14.8. The van der Waals surface area contributed by atoms with Crippen molar-refractivity contribution in [3.05, 3.63) is 29.8 Å². The van der Waals surface area contributed by atoms with Crippen LogP contribution in [0.2, 0.25) is 0 Å². The van der Waals surface area contributed by atoms with Gasteiger partial charge in [0.15, 0.2) is 28.5 Å². The molecule has 2 fully saturated rings. The molecule has 2 aliphatic rings. The van der Waals surface area contributed by atoms with Crippen molar-refractivity contribution in [2.24, 2.45) is 45.8 Å². The molecule has 2 bridgehead atoms. The Bertz CT molecular complexity index is 1080. The molecule has 0 spiro atoms. The molecule has 1 aromatic carbocycles. The Kier molecular flexibility index (Phi) is 8.80. The monoisotopic (exact) mass is 524 g/mol. The van der Waals surface area contributed by atoms with Crippen LogP contribution < -0.4 is 0 Å². The molecule has 1 N–H and O–H groups in total. The number of hydrogen-bond acceptors (Lipinski definition) is 5. The number of Topliss-reactive ketones (excluding diaryl/α,β-unsaturated/α-hetero) is 4. The lowest BCUT2D eigenvalue weighted by Crippen LogP contribution is -2.73. The first-order chi connectivity index (χ1) is 17.6. The molecule has 0 heterocycles. The smallest absolute Gasteiger partial charge is 0.184 e. The fourth-order valence-corrected chi connectivity index (χ4v) is 7.10. The average Bonchev–Trinajstić information content (AvgIpc) is 2.82. The van der Waals surface area contributed by atoms with Crippen molar-refractivity contribution >= 4 is 23.1 Å². The molecule has 0 radical (unpaired) electrons. The van der Waals surface area contributed by atoms with Gasteiger partial charge in [-0.1, -0.05) is 73.9 Å². The van der Waals surface area contributed by atoms with Crippen molar-refractivity contribution in [2.75, 3.05) is 0 Å². The predicted octanol–water partition coefficient (Wildman–Crippen LogP) is 7.24. The molecule has 1 aromatic rings. The summed E-state index contributed by atoms with van der Waals surface area (Å²) in [5.74, 6) is -2.04. The second kappa shape index (κ2) is 11.1. The van der Waals surface area contributed by atoms with Crippen molar-refractivity contribution in [1.82, 2.24) is 0 Å². The lowest BCUT2D eigenvalue weighted by molar-refractivity contribution is -0.183. The van der Waals surface area contributed by atoms with E-state index in [9.17, 15) is 24.3 Å². The molecule has 2 saturated carbocycles. The Labute approximate surface area is 229 Å². The molecule has 0 amide bonds. The fraction of sp³-hybridized carbons (Fsp3) is 0.697. The summed E-state index contributed by atoms with van der Waals surface area (Å²) in [4.78, 5) is 58.3. The Balaban J connectivity index is 2.31. The van der Waals surface area contributed by atoms with Crippen LogP contribution in [0.5, 0.6) is 5.75 Å². The van der Waals surface area contributed by atoms with Gasteiger partial charge in [0.1, 0.15) is 5.75 Å². The number of aromatic hydroxyl groups is 1. The van der Waals surface area contributed by atoms with Gasteiger partial charge in [-0.3, -0.25) is 19.2 Å². The second-order valence-electron chi connectivity index (χ2n) is 13.8. The van der Waals surface area contributed by atoms with E-state index in [0.29, 0.717) is 31.6 Å². The Hall–Kier alpha value is -2.30. The third kappa shape index (κ3) is 4.91. The minimum atomic E-state index is -1.89. The van der Waals surface area contributed by atoms with Crippen molar-refractivity contribution < 1.29 is 24.3 Å². The summed E-state index contributed by atoms with van der Waals surface area (Å²) in [6.45, 7) is 16.6. The van der Waals surface area contributed by atoms with Crippen LogP contribution >= 0.6 is 0 Å². The van der Waals surface area contributed by atoms with Crippen LogP contribution in [0.15, 0.2) is 24.3 Å². The summed E-state index contributed by atoms with van der Waals surface area (Å²) in [6.07, 6.45) is 3.81. The third-order valence-corrected chi connectivity index (χ3v) is 9.64. The van der Waals surface area contributed by atoms with Gasteiger partial charge in [0, 0.05) is 5.56 Å². The van der Waals surface area contributed by atoms with Crippen molar-refractivity contribution in [1.29, 1.82) is 0 Å². The summed E-state index contributed by atoms with van der Waals surface area (Å²) in [5, 5.41) is 10.2. The van der Waals surface area contributed by atoms with Gasteiger partial charge in [-0.05, 0) is 79.7 Å². The highest BCUT2D eigenvalue weighted by atomic mass is 16.3. The number of carbonyl (C=O) groups is 4. The normalized spacial score (nSPS) is 29.0. The van der Waals surface area contributed by atoms with Crippen molar-refractivity contribution in [3.8, 4) is 5.75 Å². The van der Waals surface area contributed by atoms with Crippen molar-refractivity contribution in [3.63, 3.8) is 0 Å². The summed E-state index contributed by atoms with van der Waals surface area (Å²) in [7, 11) is 0. The van der Waals surface area contributed by atoms with Gasteiger partial charge in [0.05, 0.1) is 11.3 Å². The first-order valence-electron chi connectivity index (χ1n) is 14.6. The van der Waals surface area contributed by atoms with Crippen LogP contribution in [-0.2, 0) is 14.4 Å². The molecule has 4 atom stereocenters. The topological polar surface area (TPSA) is 88.5 Å². The van der Waals surface area contributed by atoms with Crippen LogP contribution in [0.25, 0.3) is 0 Å². The van der Waals surface area contributed by atoms with E-state index in [0.717, 1.165) is 12.8 Å². The van der Waals surface area contributed by atoms with E-state index in [1.807, 2.05) is 13.8 Å². The highest BCUT2D eigenvalue weighted by Gasteiger charge is 2.76. The SMILES string of the molecule is CC(C)CCC1C(=O)[C@]2(C(=O)c3cccc(O)c3)C[C@H](CCC(C)C)C(C)(C)[C@](CCC(C)C)(C1=O)C2=O. The molecular formula is C33H48O5. The quantitative estimate of drug-likeness (QED) is 0.243. The van der Waals surface area contributed by atoms with E-state index in [1.165, 1.54) is 12.1 Å². The Morgan fingerprint density at radius 3 is 2.03 bits per heavy atom. The molecule has 2 aliphatic carbocycles. The summed E-state index contributed by atoms with van der Waals surface area (Å²) < 4.78 is 0. The van der Waals surface area contributed by atoms with E-state index in [2.05, 4.69) is 41.5 Å². The van der Waals surface area contributed by atoms with Gasteiger partial charge in [-0.15, -0.1) is 0 Å². The zero-order chi connectivity index (χ0) is 28.6. The lowest BCUT2D eigenvalue weighted by Gasteiger charge is -2.61. The van der Waals surface area contributed by atoms with Crippen LogP contribution in [-0.4, -0.2) is 28.2 Å². The highest BCUT2D eigenvalue weighted by molar-refractivity contribution is 6.40. The van der Waals surface area contributed by atoms with E-state index in [-0.39, 0.29) is 41.3 Å². The maximum atomic E-state index is 14.8. The standard InChI is InChI=1S/C33H48O5/c1-20(2)12-14-24-19-32(27(35)23-10-9-11-25(34)18-23)28(36)26(15-13-21(3)4)29(37)33(30(32)38,31(24,7)8)17-16-22(5)6/h9-11,18,20-22,24,26,34H,12-17,19H2,1-8H3/t24-,26?,32+,33+/m0/s1. The number of hydrogen-bond donors (Lipinski definition) is 1. The minimum absolute atomic E-state index is 0.0889. The van der Waals surface area contributed by atoms with Crippen LogP contribution in [0.3, 0.4) is 0 Å². The van der Waals surface area contributed by atoms with E-state index >= 15 is 0 Å². The molecule has 5 heteroatoms. The molecule has 5 nitrogen and oxygen atoms in total. The number of ketones is 4. The molecule has 1 unspecified atom stereocenters. The summed E-state index contributed by atoms with van der Waals surface area (Å²) in [6, 6.07) is 5.94. The Morgan fingerprint density at radius 2 is 1.47 bits per heavy atom. The Morgan fingerprint density at radius 1 is 0.895 bits per heavy atom. The van der Waals surface area contributed by atoms with Crippen molar-refractivity contribution in [2.45, 2.75) is 100 Å². The van der Waals surface area contributed by atoms with Gasteiger partial charge in [-0.25, -0.2) is 0 Å². The van der Waals surface area contributed by atoms with E-state index in [4.69, 9.17) is 0 Å². The van der Waals surface area contributed by atoms with E-state index in [1.54, 1.807) is 12.1 Å². The van der Waals surface area contributed by atoms with Gasteiger partial charge >= 0.3 is 0 Å². The zero-order valence-electron chi connectivity index (χ0n) is 24.7. The molecule has 0 aliphatic heterocycles. The number of phenols is 1. The molecule has 210 valence electrons. The second-order valence-corrected chi connectivity index (χ2v) is 13.8. The predicted molar refractivity (Wildman–Crippen MR) is 150 cm³/mol. The number of benzene rings is 1. The average molecular weight is 525 g/mol. The number of phenolic OH excluding ortho intramolecular Hbond substituents is 1. The summed E-state index contributed by atoms with van der Waals surface area (Å²) >= 11 is 0. The van der Waals surface area contributed by atoms with Gasteiger partial charge in [0.2, 0.25) is 0 Å². The minimum Gasteiger partial charge on any atom is -0.508 e. The lowest BCUT2D eigenvalue weighted by atomic mass is 9.37. The maximum Gasteiger partial charge on any atom is 0.184 e. The van der Waals surface area contributed by atoms with Crippen LogP contribution in [0.1, 0.15) is 111 Å². The largest absolute Gasteiger partial charge is 0.508 e. The van der Waals surface area contributed by atoms with Gasteiger partial charge < -0.3 is 5.11 Å². The van der Waals surface area contributed by atoms with Crippen LogP contribution in [0, 0.1) is 45.8 Å². The van der Waals surface area contributed by atoms with Crippen LogP contribution in [0.4, 0.5) is 0 Å². The molecule has 0 saturated heterocycles. The number of rotatable bonds is 11. The first kappa shape index (κ1) is 30.2. The van der Waals surface area contributed by atoms with Gasteiger partial charge in [0.25, 0.3) is 0 Å². The summed E-state index contributed by atoms with van der Waals surface area (Å²) in [5.41, 5.74) is -3.81. The third-order valence-electron chi connectivity index (χ3n) is 9.64. The fourth-order valence-electron chi connectivity index (χ4n) is 7.10. The molecule has 3 rings (SSSR count). The highest BCUT2D eigenvalue weighted by Crippen LogP contribution is 2.65. The zero-order valence-corrected chi connectivity index (χ0v) is 24.7. The molecule has 0 aromatic heterocycles. The molecular weight excluding hydrogens is 476 g/mol. The number of carbonyl (C=O) groups excluding carboxylic acids is 4. The number of fused-ring (bicyclic) bond motifs is 2.